The van der Waals surface area contributed by atoms with Gasteiger partial charge in [-0.2, -0.15) is 0 Å². The zero-order chi connectivity index (χ0) is 14.9. The fraction of sp³-hybridized carbons (Fsp3) is 0. The van der Waals surface area contributed by atoms with E-state index in [0.29, 0.717) is 5.69 Å². The number of amides is 1. The molecule has 5 N–H and O–H groups in total. The van der Waals surface area contributed by atoms with Crippen molar-refractivity contribution >= 4 is 38.9 Å². The molecular formula is C13H10BrF2N3O. The maximum absolute atomic E-state index is 13.7. The van der Waals surface area contributed by atoms with E-state index in [2.05, 4.69) is 21.2 Å². The van der Waals surface area contributed by atoms with Crippen molar-refractivity contribution in [3.63, 3.8) is 0 Å². The first kappa shape index (κ1) is 14.3. The molecule has 0 saturated carbocycles. The van der Waals surface area contributed by atoms with Gasteiger partial charge in [-0.15, -0.1) is 0 Å². The molecule has 0 unspecified atom stereocenters. The van der Waals surface area contributed by atoms with Gasteiger partial charge in [-0.3, -0.25) is 4.79 Å². The summed E-state index contributed by atoms with van der Waals surface area (Å²) in [6.07, 6.45) is 0. The molecule has 0 atom stereocenters. The number of primary amides is 1. The van der Waals surface area contributed by atoms with Crippen molar-refractivity contribution in [2.75, 3.05) is 11.1 Å². The Bertz CT molecular complexity index is 692. The van der Waals surface area contributed by atoms with Crippen molar-refractivity contribution in [2.24, 2.45) is 5.73 Å². The zero-order valence-electron chi connectivity index (χ0n) is 10.1. The molecule has 0 aliphatic rings. The predicted octanol–water partition coefficient (Wildman–Crippen LogP) is 3.15. The van der Waals surface area contributed by atoms with Gasteiger partial charge in [0, 0.05) is 6.07 Å². The molecule has 2 aromatic carbocycles. The summed E-state index contributed by atoms with van der Waals surface area (Å²) >= 11 is 2.96. The minimum absolute atomic E-state index is 0.0200. The molecule has 0 bridgehead atoms. The first-order valence-corrected chi connectivity index (χ1v) is 6.29. The lowest BCUT2D eigenvalue weighted by atomic mass is 10.1. The fourth-order valence-corrected chi connectivity index (χ4v) is 2.00. The van der Waals surface area contributed by atoms with E-state index in [9.17, 15) is 13.6 Å². The second-order valence-corrected chi connectivity index (χ2v) is 4.86. The van der Waals surface area contributed by atoms with Crippen LogP contribution in [0.25, 0.3) is 0 Å². The highest BCUT2D eigenvalue weighted by Crippen LogP contribution is 2.30. The SMILES string of the molecule is NC(=O)c1cccc(Nc2cc(Br)c(F)cc2F)c1N. The van der Waals surface area contributed by atoms with Gasteiger partial charge in [-0.1, -0.05) is 6.07 Å². The smallest absolute Gasteiger partial charge is 0.250 e. The number of hydrogen-bond acceptors (Lipinski definition) is 3. The van der Waals surface area contributed by atoms with Crippen LogP contribution in [0.2, 0.25) is 0 Å². The Morgan fingerprint density at radius 3 is 2.50 bits per heavy atom. The standard InChI is InChI=1S/C13H10BrF2N3O/c14-7-4-11(9(16)5-8(7)15)19-10-3-1-2-6(12(10)17)13(18)20/h1-5,19H,17H2,(H2,18,20). The summed E-state index contributed by atoms with van der Waals surface area (Å²) in [6.45, 7) is 0. The molecule has 0 aromatic heterocycles. The van der Waals surface area contributed by atoms with E-state index in [4.69, 9.17) is 11.5 Å². The quantitative estimate of drug-likeness (QED) is 0.592. The third-order valence-electron chi connectivity index (χ3n) is 2.65. The van der Waals surface area contributed by atoms with Crippen molar-refractivity contribution in [1.82, 2.24) is 0 Å². The average Bonchev–Trinajstić information content (AvgIpc) is 2.37. The molecule has 0 radical (unpaired) electrons. The molecule has 0 fully saturated rings. The highest BCUT2D eigenvalue weighted by molar-refractivity contribution is 9.10. The number of benzene rings is 2. The van der Waals surface area contributed by atoms with Crippen LogP contribution >= 0.6 is 15.9 Å². The number of hydrogen-bond donors (Lipinski definition) is 3. The third kappa shape index (κ3) is 2.72. The summed E-state index contributed by atoms with van der Waals surface area (Å²) in [4.78, 5) is 11.2. The Morgan fingerprint density at radius 1 is 1.15 bits per heavy atom. The average molecular weight is 342 g/mol. The second-order valence-electron chi connectivity index (χ2n) is 4.00. The van der Waals surface area contributed by atoms with Gasteiger partial charge in [-0.25, -0.2) is 8.78 Å². The molecule has 7 heteroatoms. The Labute approximate surface area is 121 Å². The number of para-hydroxylation sites is 1. The minimum Gasteiger partial charge on any atom is -0.396 e. The van der Waals surface area contributed by atoms with Crippen molar-refractivity contribution in [3.8, 4) is 0 Å². The molecule has 0 aliphatic carbocycles. The Hall–Kier alpha value is -2.15. The van der Waals surface area contributed by atoms with E-state index in [1.807, 2.05) is 0 Å². The van der Waals surface area contributed by atoms with Gasteiger partial charge in [0.1, 0.15) is 11.6 Å². The molecule has 104 valence electrons. The predicted molar refractivity (Wildman–Crippen MR) is 76.7 cm³/mol. The van der Waals surface area contributed by atoms with Crippen molar-refractivity contribution < 1.29 is 13.6 Å². The number of carbonyl (C=O) groups is 1. The summed E-state index contributed by atoms with van der Waals surface area (Å²) in [7, 11) is 0. The number of rotatable bonds is 3. The molecule has 1 amide bonds. The Morgan fingerprint density at radius 2 is 1.85 bits per heavy atom. The minimum atomic E-state index is -0.783. The van der Waals surface area contributed by atoms with E-state index in [1.54, 1.807) is 12.1 Å². The number of nitrogen functional groups attached to an aromatic ring is 1. The van der Waals surface area contributed by atoms with Gasteiger partial charge in [0.05, 0.1) is 27.1 Å². The molecule has 0 spiro atoms. The largest absolute Gasteiger partial charge is 0.396 e. The topological polar surface area (TPSA) is 81.1 Å². The third-order valence-corrected chi connectivity index (χ3v) is 3.26. The summed E-state index contributed by atoms with van der Waals surface area (Å²) < 4.78 is 26.9. The number of carbonyl (C=O) groups excluding carboxylic acids is 1. The lowest BCUT2D eigenvalue weighted by molar-refractivity contribution is 0.100. The molecular weight excluding hydrogens is 332 g/mol. The lowest BCUT2D eigenvalue weighted by Crippen LogP contribution is -2.14. The van der Waals surface area contributed by atoms with Crippen molar-refractivity contribution in [1.29, 1.82) is 0 Å². The van der Waals surface area contributed by atoms with E-state index in [1.165, 1.54) is 12.1 Å². The summed E-state index contributed by atoms with van der Waals surface area (Å²) in [6, 6.07) is 6.54. The Balaban J connectivity index is 2.43. The number of halogens is 3. The van der Waals surface area contributed by atoms with Gasteiger partial charge in [0.15, 0.2) is 0 Å². The lowest BCUT2D eigenvalue weighted by Gasteiger charge is -2.12. The fourth-order valence-electron chi connectivity index (χ4n) is 1.65. The van der Waals surface area contributed by atoms with Crippen LogP contribution < -0.4 is 16.8 Å². The van der Waals surface area contributed by atoms with E-state index in [-0.39, 0.29) is 21.4 Å². The Kier molecular flexibility index (Phi) is 3.89. The summed E-state index contributed by atoms with van der Waals surface area (Å²) in [5, 5.41) is 2.70. The number of anilines is 3. The van der Waals surface area contributed by atoms with Crippen LogP contribution in [0, 0.1) is 11.6 Å². The van der Waals surface area contributed by atoms with E-state index >= 15 is 0 Å². The molecule has 0 aliphatic heterocycles. The first-order chi connectivity index (χ1) is 9.40. The van der Waals surface area contributed by atoms with Crippen LogP contribution in [0.5, 0.6) is 0 Å². The molecule has 20 heavy (non-hydrogen) atoms. The van der Waals surface area contributed by atoms with Crippen molar-refractivity contribution in [3.05, 3.63) is 52.0 Å². The van der Waals surface area contributed by atoms with Gasteiger partial charge >= 0.3 is 0 Å². The molecule has 2 rings (SSSR count). The normalized spacial score (nSPS) is 10.3. The van der Waals surface area contributed by atoms with Crippen LogP contribution in [0.3, 0.4) is 0 Å². The molecule has 0 saturated heterocycles. The molecule has 4 nitrogen and oxygen atoms in total. The summed E-state index contributed by atoms with van der Waals surface area (Å²) in [5.74, 6) is -2.19. The second kappa shape index (κ2) is 5.46. The first-order valence-electron chi connectivity index (χ1n) is 5.50. The van der Waals surface area contributed by atoms with Gasteiger partial charge < -0.3 is 16.8 Å². The number of nitrogens with two attached hydrogens (primary N) is 2. The zero-order valence-corrected chi connectivity index (χ0v) is 11.7. The maximum atomic E-state index is 13.7. The number of nitrogens with one attached hydrogen (secondary N) is 1. The van der Waals surface area contributed by atoms with E-state index in [0.717, 1.165) is 6.07 Å². The van der Waals surface area contributed by atoms with Crippen LogP contribution in [0.4, 0.5) is 25.8 Å². The van der Waals surface area contributed by atoms with Crippen LogP contribution in [-0.4, -0.2) is 5.91 Å². The van der Waals surface area contributed by atoms with Crippen molar-refractivity contribution in [2.45, 2.75) is 0 Å². The monoisotopic (exact) mass is 341 g/mol. The molecule has 0 heterocycles. The van der Waals surface area contributed by atoms with Crippen LogP contribution in [0.15, 0.2) is 34.8 Å². The van der Waals surface area contributed by atoms with Gasteiger partial charge in [0.25, 0.3) is 5.91 Å². The van der Waals surface area contributed by atoms with Crippen LogP contribution in [-0.2, 0) is 0 Å². The van der Waals surface area contributed by atoms with Gasteiger partial charge in [0.2, 0.25) is 0 Å². The van der Waals surface area contributed by atoms with Gasteiger partial charge in [-0.05, 0) is 34.1 Å². The highest BCUT2D eigenvalue weighted by Gasteiger charge is 2.13. The summed E-state index contributed by atoms with van der Waals surface area (Å²) in [5.41, 5.74) is 11.5. The van der Waals surface area contributed by atoms with E-state index < -0.39 is 17.5 Å². The highest BCUT2D eigenvalue weighted by atomic mass is 79.9. The molecule has 2 aromatic rings. The maximum Gasteiger partial charge on any atom is 0.250 e. The van der Waals surface area contributed by atoms with Crippen LogP contribution in [0.1, 0.15) is 10.4 Å².